The van der Waals surface area contributed by atoms with Gasteiger partial charge in [-0.25, -0.2) is 0 Å². The number of hydrogen-bond donors (Lipinski definition) is 2. The molecule has 0 atom stereocenters. The number of hydrogen-bond acceptors (Lipinski definition) is 14. The molecule has 0 saturated heterocycles. The molecule has 0 aliphatic heterocycles. The predicted octanol–water partition coefficient (Wildman–Crippen LogP) is 8.63. The van der Waals surface area contributed by atoms with Gasteiger partial charge < -0.3 is 9.11 Å². The van der Waals surface area contributed by atoms with Gasteiger partial charge in [-0.05, 0) is 60.7 Å². The Bertz CT molecular complexity index is 2630. The van der Waals surface area contributed by atoms with Gasteiger partial charge in [-0.2, -0.15) is 27.1 Å². The zero-order valence-electron chi connectivity index (χ0n) is 26.5. The first-order valence-corrected chi connectivity index (χ1v) is 18.6. The average Bonchev–Trinajstić information content (AvgIpc) is 3.12. The Labute approximate surface area is 301 Å². The molecule has 21 heteroatoms. The summed E-state index contributed by atoms with van der Waals surface area (Å²) in [6.07, 6.45) is 0. The Morgan fingerprint density at radius 1 is 0.472 bits per heavy atom. The second kappa shape index (κ2) is 16.7. The van der Waals surface area contributed by atoms with Gasteiger partial charge in [-0.3, -0.25) is 17.5 Å². The molecule has 0 saturated carbocycles. The Morgan fingerprint density at radius 2 is 0.811 bits per heavy atom. The highest BCUT2D eigenvalue weighted by Crippen LogP contribution is 2.35. The van der Waals surface area contributed by atoms with Crippen molar-refractivity contribution >= 4 is 86.3 Å². The Morgan fingerprint density at radius 3 is 1.13 bits per heavy atom. The number of benzene rings is 6. The maximum atomic E-state index is 11.2. The minimum absolute atomic E-state index is 0.252. The molecule has 0 unspecified atom stereocenters. The predicted molar refractivity (Wildman–Crippen MR) is 189 cm³/mol. The Balaban J connectivity index is 0.000000210. The van der Waals surface area contributed by atoms with E-state index in [2.05, 4.69) is 30.4 Å². The van der Waals surface area contributed by atoms with Gasteiger partial charge >= 0.3 is 11.4 Å². The summed E-state index contributed by atoms with van der Waals surface area (Å²) >= 11 is 0. The summed E-state index contributed by atoms with van der Waals surface area (Å²) in [7, 11) is -13.8. The van der Waals surface area contributed by atoms with Crippen LogP contribution in [0.5, 0.6) is 0 Å². The summed E-state index contributed by atoms with van der Waals surface area (Å²) in [5.41, 5.74) is 2.47. The van der Waals surface area contributed by atoms with Gasteiger partial charge in [0.05, 0.1) is 43.3 Å². The van der Waals surface area contributed by atoms with Gasteiger partial charge in [-0.1, -0.05) is 48.5 Å². The van der Waals surface area contributed by atoms with E-state index in [1.807, 2.05) is 36.4 Å². The molecular formula is C32H22N8O10S3. The molecule has 0 amide bonds. The maximum absolute atomic E-state index is 11.2. The van der Waals surface area contributed by atoms with Gasteiger partial charge in [0, 0.05) is 33.3 Å². The lowest BCUT2D eigenvalue weighted by Crippen LogP contribution is -1.96. The topological polar surface area (TPSA) is 295 Å². The fraction of sp³-hybridized carbons (Fsp3) is 0. The summed E-state index contributed by atoms with van der Waals surface area (Å²) in [4.78, 5) is 5.96. The van der Waals surface area contributed by atoms with Gasteiger partial charge in [0.15, 0.2) is 9.95 Å². The van der Waals surface area contributed by atoms with E-state index in [9.17, 15) is 16.8 Å². The highest BCUT2D eigenvalue weighted by Gasteiger charge is 2.15. The van der Waals surface area contributed by atoms with Crippen LogP contribution >= 0.6 is 0 Å². The summed E-state index contributed by atoms with van der Waals surface area (Å²) in [6, 6.07) is 32.0. The summed E-state index contributed by atoms with van der Waals surface area (Å²) in [5, 5.41) is 37.2. The van der Waals surface area contributed by atoms with Crippen molar-refractivity contribution in [1.82, 2.24) is 0 Å². The van der Waals surface area contributed by atoms with E-state index in [1.165, 1.54) is 36.4 Å². The van der Waals surface area contributed by atoms with E-state index in [0.29, 0.717) is 33.5 Å². The van der Waals surface area contributed by atoms with Crippen molar-refractivity contribution < 1.29 is 43.5 Å². The zero-order chi connectivity index (χ0) is 38.8. The van der Waals surface area contributed by atoms with Gasteiger partial charge in [0.25, 0.3) is 20.2 Å². The van der Waals surface area contributed by atoms with Gasteiger partial charge in [0.1, 0.15) is 0 Å². The largest absolute Gasteiger partial charge is 0.759 e. The summed E-state index contributed by atoms with van der Waals surface area (Å²) in [5.74, 6) is 0. The smallest absolute Gasteiger partial charge is 0.392 e. The molecule has 0 aliphatic rings. The molecular weight excluding hydrogens is 753 g/mol. The van der Waals surface area contributed by atoms with E-state index < -0.39 is 30.6 Å². The average molecular weight is 775 g/mol. The third-order valence-electron chi connectivity index (χ3n) is 6.75. The van der Waals surface area contributed by atoms with Crippen molar-refractivity contribution in [1.29, 1.82) is 10.8 Å². The Hall–Kier alpha value is -6.43. The highest BCUT2D eigenvalue weighted by atomic mass is 32.3. The van der Waals surface area contributed by atoms with Crippen molar-refractivity contribution in [2.45, 2.75) is 9.79 Å². The lowest BCUT2D eigenvalue weighted by Gasteiger charge is -2.06. The summed E-state index contributed by atoms with van der Waals surface area (Å²) in [6.45, 7) is 0. The molecule has 0 spiro atoms. The van der Waals surface area contributed by atoms with Crippen LogP contribution in [-0.4, -0.2) is 43.5 Å². The third kappa shape index (κ3) is 11.3. The van der Waals surface area contributed by atoms with Crippen LogP contribution in [0.2, 0.25) is 0 Å². The molecule has 0 fully saturated rings. The zero-order valence-corrected chi connectivity index (χ0v) is 29.0. The molecule has 53 heavy (non-hydrogen) atoms. The van der Waals surface area contributed by atoms with E-state index in [4.69, 9.17) is 37.4 Å². The molecule has 268 valence electrons. The van der Waals surface area contributed by atoms with Crippen LogP contribution in [0.3, 0.4) is 0 Å². The van der Waals surface area contributed by atoms with E-state index in [1.54, 1.807) is 48.5 Å². The van der Waals surface area contributed by atoms with Crippen LogP contribution in [0.15, 0.2) is 152 Å². The quantitative estimate of drug-likeness (QED) is 0.0695. The monoisotopic (exact) mass is 774 g/mol. The van der Waals surface area contributed by atoms with Crippen molar-refractivity contribution in [2.75, 3.05) is 0 Å². The molecule has 18 nitrogen and oxygen atoms in total. The van der Waals surface area contributed by atoms with E-state index in [0.717, 1.165) is 10.8 Å². The first kappa shape index (κ1) is 39.4. The molecule has 2 N–H and O–H groups in total. The fourth-order valence-corrected chi connectivity index (χ4v) is 5.56. The molecule has 0 aromatic heterocycles. The third-order valence-corrected chi connectivity index (χ3v) is 8.45. The van der Waals surface area contributed by atoms with Crippen molar-refractivity contribution in [3.8, 4) is 0 Å². The first-order valence-electron chi connectivity index (χ1n) is 14.4. The van der Waals surface area contributed by atoms with Crippen LogP contribution in [0.25, 0.3) is 31.5 Å². The number of diazo groups is 2. The van der Waals surface area contributed by atoms with Crippen molar-refractivity contribution in [3.05, 3.63) is 131 Å². The van der Waals surface area contributed by atoms with E-state index >= 15 is 0 Å². The van der Waals surface area contributed by atoms with Gasteiger partial charge in [-0.15, -0.1) is 10.2 Å². The number of azo groups is 2. The standard InChI is InChI=1S/2C16H10N4O3S.H2O4S/c2*17-18-15-8-9-16(14-7-2-1-6-13(14)15)20-19-11-4-3-5-12(10-11)24(21,22)23;1-5(2,3)4/h2*1-10H;(H2,1,2,3,4). The minimum Gasteiger partial charge on any atom is -0.759 e. The second-order valence-corrected chi connectivity index (χ2v) is 13.9. The normalized spacial score (nSPS) is 11.7. The number of rotatable bonds is 6. The SMILES string of the molecule is N#[N+]c1ccc(N=Nc2cccc(S(=O)(=O)O)c2)c2ccccc12.N#[N+]c1ccc(N=Nc2cccc(S(=O)(=O)O)c2)c2ccccc12.O=S(=O)([O-])[O-]. The number of fused-ring (bicyclic) bond motifs is 2. The van der Waals surface area contributed by atoms with Crippen LogP contribution in [0, 0.1) is 10.8 Å². The molecule has 0 bridgehead atoms. The minimum atomic E-state index is -5.17. The van der Waals surface area contributed by atoms with Crippen LogP contribution < -0.4 is 0 Å². The maximum Gasteiger partial charge on any atom is 0.392 e. The Kier molecular flexibility index (Phi) is 12.4. The highest BCUT2D eigenvalue weighted by molar-refractivity contribution is 7.86. The summed E-state index contributed by atoms with van der Waals surface area (Å²) < 4.78 is 96.8. The van der Waals surface area contributed by atoms with E-state index in [-0.39, 0.29) is 21.2 Å². The van der Waals surface area contributed by atoms with Crippen molar-refractivity contribution in [3.63, 3.8) is 0 Å². The fourth-order valence-electron chi connectivity index (χ4n) is 4.52. The lowest BCUT2D eigenvalue weighted by atomic mass is 10.1. The molecule has 0 aliphatic carbocycles. The van der Waals surface area contributed by atoms with Crippen LogP contribution in [-0.2, 0) is 30.6 Å². The molecule has 0 radical (unpaired) electrons. The lowest BCUT2D eigenvalue weighted by molar-refractivity contribution is 0.352. The first-order chi connectivity index (χ1) is 25.0. The molecule has 6 rings (SSSR count). The van der Waals surface area contributed by atoms with Crippen LogP contribution in [0.1, 0.15) is 0 Å². The molecule has 6 aromatic carbocycles. The second-order valence-electron chi connectivity index (χ2n) is 10.3. The van der Waals surface area contributed by atoms with Crippen LogP contribution in [0.4, 0.5) is 34.1 Å². The molecule has 0 heterocycles. The number of nitrogens with zero attached hydrogens (tertiary/aromatic N) is 8. The van der Waals surface area contributed by atoms with Crippen molar-refractivity contribution in [2.24, 2.45) is 20.5 Å². The van der Waals surface area contributed by atoms with Gasteiger partial charge in [0.2, 0.25) is 10.8 Å². The molecule has 6 aromatic rings.